The molecule has 0 heterocycles. The fraction of sp³-hybridized carbons (Fsp3) is 0.720. The van der Waals surface area contributed by atoms with E-state index in [4.69, 9.17) is 9.47 Å². The van der Waals surface area contributed by atoms with Gasteiger partial charge in [0.1, 0.15) is 11.4 Å². The zero-order valence-corrected chi connectivity index (χ0v) is 36.9. The smallest absolute Gasteiger partial charge is 0.306 e. The molecule has 0 radical (unpaired) electrons. The number of aliphatic hydroxyl groups excluding tert-OH is 1. The van der Waals surface area contributed by atoms with Crippen LogP contribution in [0.25, 0.3) is 0 Å². The molecule has 8 nitrogen and oxygen atoms in total. The van der Waals surface area contributed by atoms with Gasteiger partial charge in [-0.05, 0) is 107 Å². The van der Waals surface area contributed by atoms with Gasteiger partial charge in [0, 0.05) is 36.0 Å². The van der Waals surface area contributed by atoms with Gasteiger partial charge in [0.05, 0.1) is 24.9 Å². The fourth-order valence-corrected chi connectivity index (χ4v) is 10.9. The molecule has 0 aromatic rings. The standard InChI is InChI=1S/C50H75FO8/c1-7-9-10-11-12-13-14-15-16-17-18-19-20-21-22-23-40(52)31-38(8-2)34-58-37(4)24-27-46(56)59-35-45(55)50(57)36(3)30-43-42-26-25-39-32-41(53)28-29-47(39,5)49(42,51)44(54)33-48(43,50)6/h12-13,15-16,28-29,32,36,38,42-44,54,57H,4,7-11,14,17-27,30-31,33-35H2,1-3,5-6H3/b13-12-,16-15-/t36-,38?,42+,43+,44+,47+,48+,49+,50+/m1/s1. The lowest BCUT2D eigenvalue weighted by Gasteiger charge is -2.62. The number of unbranched alkanes of at least 4 members (excludes halogenated alkanes) is 8. The van der Waals surface area contributed by atoms with Crippen LogP contribution in [0.1, 0.15) is 163 Å². The zero-order valence-electron chi connectivity index (χ0n) is 36.9. The van der Waals surface area contributed by atoms with E-state index in [1.165, 1.54) is 50.7 Å². The molecule has 3 saturated carbocycles. The molecule has 0 bridgehead atoms. The average molecular weight is 823 g/mol. The first-order valence-corrected chi connectivity index (χ1v) is 22.9. The number of fused-ring (bicyclic) bond motifs is 5. The number of alkyl halides is 1. The van der Waals surface area contributed by atoms with Gasteiger partial charge in [0.25, 0.3) is 0 Å². The second kappa shape index (κ2) is 22.1. The summed E-state index contributed by atoms with van der Waals surface area (Å²) in [6, 6.07) is 0. The molecule has 59 heavy (non-hydrogen) atoms. The van der Waals surface area contributed by atoms with Crippen molar-refractivity contribution >= 4 is 23.3 Å². The predicted molar refractivity (Wildman–Crippen MR) is 231 cm³/mol. The van der Waals surface area contributed by atoms with E-state index in [9.17, 15) is 29.4 Å². The van der Waals surface area contributed by atoms with Gasteiger partial charge in [0.2, 0.25) is 5.78 Å². The Bertz CT molecular complexity index is 1590. The summed E-state index contributed by atoms with van der Waals surface area (Å²) in [5.41, 5.74) is -5.65. The van der Waals surface area contributed by atoms with E-state index in [0.29, 0.717) is 50.0 Å². The second-order valence-electron chi connectivity index (χ2n) is 18.6. The van der Waals surface area contributed by atoms with Crippen LogP contribution in [0.5, 0.6) is 0 Å². The third-order valence-electron chi connectivity index (χ3n) is 14.6. The number of rotatable bonds is 26. The van der Waals surface area contributed by atoms with Crippen molar-refractivity contribution in [2.45, 2.75) is 180 Å². The Kier molecular flexibility index (Phi) is 18.1. The monoisotopic (exact) mass is 823 g/mol. The maximum absolute atomic E-state index is 17.5. The normalized spacial score (nSPS) is 31.7. The first kappa shape index (κ1) is 48.5. The van der Waals surface area contributed by atoms with Gasteiger partial charge in [-0.3, -0.25) is 19.2 Å². The summed E-state index contributed by atoms with van der Waals surface area (Å²) in [4.78, 5) is 51.4. The van der Waals surface area contributed by atoms with Crippen molar-refractivity contribution in [3.63, 3.8) is 0 Å². The maximum atomic E-state index is 17.5. The Balaban J connectivity index is 1.12. The zero-order chi connectivity index (χ0) is 43.3. The topological polar surface area (TPSA) is 127 Å². The summed E-state index contributed by atoms with van der Waals surface area (Å²) in [6.45, 7) is 13.1. The number of ether oxygens (including phenoxy) is 2. The van der Waals surface area contributed by atoms with Gasteiger partial charge >= 0.3 is 5.97 Å². The highest BCUT2D eigenvalue weighted by molar-refractivity contribution is 6.01. The van der Waals surface area contributed by atoms with Crippen molar-refractivity contribution in [3.05, 3.63) is 60.4 Å². The van der Waals surface area contributed by atoms with Gasteiger partial charge in [-0.25, -0.2) is 4.39 Å². The molecule has 330 valence electrons. The summed E-state index contributed by atoms with van der Waals surface area (Å²) >= 11 is 0. The molecule has 0 spiro atoms. The average Bonchev–Trinajstić information content (AvgIpc) is 3.41. The van der Waals surface area contributed by atoms with Crippen LogP contribution in [0.3, 0.4) is 0 Å². The molecule has 0 aromatic carbocycles. The number of allylic oxidation sites excluding steroid dienone is 9. The van der Waals surface area contributed by atoms with Gasteiger partial charge in [0.15, 0.2) is 18.1 Å². The second-order valence-corrected chi connectivity index (χ2v) is 18.6. The summed E-state index contributed by atoms with van der Waals surface area (Å²) < 4.78 is 28.7. The highest BCUT2D eigenvalue weighted by Gasteiger charge is 2.75. The SMILES string of the molecule is C=C(CCC(=O)OCC(=O)[C@@]1(O)[C@H](C)C[C@H]2[C@@H]3CCC4=CC(=O)C=C[C@]4(C)[C@@]3(F)[C@@H](O)C[C@@]21C)OCC(CC)CC(=O)CCCCCCC/C=C\C/C=C\CCCCC. The number of hydrogen-bond donors (Lipinski definition) is 2. The van der Waals surface area contributed by atoms with Crippen molar-refractivity contribution in [2.75, 3.05) is 13.2 Å². The van der Waals surface area contributed by atoms with E-state index >= 15 is 4.39 Å². The van der Waals surface area contributed by atoms with Crippen LogP contribution < -0.4 is 0 Å². The lowest BCUT2D eigenvalue weighted by atomic mass is 9.44. The lowest BCUT2D eigenvalue weighted by molar-refractivity contribution is -0.220. The highest BCUT2D eigenvalue weighted by Crippen LogP contribution is 2.70. The van der Waals surface area contributed by atoms with Crippen molar-refractivity contribution in [1.29, 1.82) is 0 Å². The molecule has 0 saturated heterocycles. The van der Waals surface area contributed by atoms with Crippen LogP contribution in [0, 0.1) is 34.5 Å². The molecule has 0 aromatic heterocycles. The van der Waals surface area contributed by atoms with Crippen molar-refractivity contribution < 1.29 is 43.3 Å². The van der Waals surface area contributed by atoms with E-state index in [2.05, 4.69) is 37.8 Å². The molecular weight excluding hydrogens is 748 g/mol. The Hall–Kier alpha value is -3.17. The van der Waals surface area contributed by atoms with E-state index in [1.807, 2.05) is 6.92 Å². The summed E-state index contributed by atoms with van der Waals surface area (Å²) in [6.07, 6.45) is 27.7. The first-order valence-electron chi connectivity index (χ1n) is 22.9. The van der Waals surface area contributed by atoms with Crippen molar-refractivity contribution in [3.8, 4) is 0 Å². The summed E-state index contributed by atoms with van der Waals surface area (Å²) in [5.74, 6) is -2.40. The Labute approximate surface area is 354 Å². The third kappa shape index (κ3) is 11.2. The predicted octanol–water partition coefficient (Wildman–Crippen LogP) is 10.6. The molecule has 9 heteroatoms. The molecule has 2 N–H and O–H groups in total. The number of carbonyl (C=O) groups is 4. The van der Waals surface area contributed by atoms with E-state index in [-0.39, 0.29) is 36.7 Å². The highest BCUT2D eigenvalue weighted by atomic mass is 19.1. The quantitative estimate of drug-likeness (QED) is 0.0382. The largest absolute Gasteiger partial charge is 0.498 e. The van der Waals surface area contributed by atoms with Crippen LogP contribution in [-0.4, -0.2) is 64.1 Å². The molecule has 4 aliphatic rings. The Morgan fingerprint density at radius 2 is 1.63 bits per heavy atom. The molecule has 9 atom stereocenters. The van der Waals surface area contributed by atoms with Gasteiger partial charge in [-0.1, -0.05) is 102 Å². The Morgan fingerprint density at radius 3 is 2.32 bits per heavy atom. The minimum atomic E-state index is -2.07. The number of ketones is 3. The van der Waals surface area contributed by atoms with E-state index in [1.54, 1.807) is 26.8 Å². The van der Waals surface area contributed by atoms with Crippen LogP contribution in [0.15, 0.2) is 60.4 Å². The van der Waals surface area contributed by atoms with Gasteiger partial charge < -0.3 is 19.7 Å². The number of Topliss-reactive ketones (excluding diaryl/α,β-unsaturated/α-hetero) is 2. The number of halogens is 1. The molecular formula is C50H75FO8. The molecule has 0 aliphatic heterocycles. The van der Waals surface area contributed by atoms with E-state index < -0.39 is 64.3 Å². The van der Waals surface area contributed by atoms with Crippen LogP contribution in [0.4, 0.5) is 4.39 Å². The first-order chi connectivity index (χ1) is 28.1. The molecule has 1 unspecified atom stereocenters. The van der Waals surface area contributed by atoms with Crippen LogP contribution in [-0.2, 0) is 28.7 Å². The number of carbonyl (C=O) groups excluding carboxylic acids is 4. The molecule has 3 fully saturated rings. The van der Waals surface area contributed by atoms with Crippen LogP contribution >= 0.6 is 0 Å². The maximum Gasteiger partial charge on any atom is 0.306 e. The van der Waals surface area contributed by atoms with Crippen LogP contribution in [0.2, 0.25) is 0 Å². The van der Waals surface area contributed by atoms with Crippen molar-refractivity contribution in [2.24, 2.45) is 34.5 Å². The van der Waals surface area contributed by atoms with Gasteiger partial charge in [-0.15, -0.1) is 0 Å². The molecule has 4 rings (SSSR count). The number of hydrogen-bond acceptors (Lipinski definition) is 8. The lowest BCUT2D eigenvalue weighted by Crippen LogP contribution is -2.69. The minimum absolute atomic E-state index is 0.0558. The number of aliphatic hydroxyl groups is 2. The Morgan fingerprint density at radius 1 is 0.949 bits per heavy atom. The van der Waals surface area contributed by atoms with Gasteiger partial charge in [-0.2, -0.15) is 0 Å². The van der Waals surface area contributed by atoms with Crippen molar-refractivity contribution in [1.82, 2.24) is 0 Å². The molecule has 0 amide bonds. The third-order valence-corrected chi connectivity index (χ3v) is 14.6. The summed E-state index contributed by atoms with van der Waals surface area (Å²) in [5, 5.41) is 23.8. The minimum Gasteiger partial charge on any atom is -0.498 e. The van der Waals surface area contributed by atoms with E-state index in [0.717, 1.165) is 38.5 Å². The fourth-order valence-electron chi connectivity index (χ4n) is 10.9. The number of esters is 1. The summed E-state index contributed by atoms with van der Waals surface area (Å²) in [7, 11) is 0. The molecule has 4 aliphatic carbocycles.